The summed E-state index contributed by atoms with van der Waals surface area (Å²) < 4.78 is 5.27. The van der Waals surface area contributed by atoms with E-state index in [4.69, 9.17) is 4.74 Å². The van der Waals surface area contributed by atoms with Gasteiger partial charge in [0.1, 0.15) is 5.75 Å². The van der Waals surface area contributed by atoms with Crippen LogP contribution in [0.1, 0.15) is 12.5 Å². The molecule has 0 atom stereocenters. The highest BCUT2D eigenvalue weighted by Gasteiger charge is 2.05. The molecular weight excluding hydrogens is 202 g/mol. The van der Waals surface area contributed by atoms with Crippen molar-refractivity contribution < 1.29 is 4.74 Å². The smallest absolute Gasteiger partial charge is 0.141 e. The van der Waals surface area contributed by atoms with Crippen LogP contribution in [0.25, 0.3) is 0 Å². The van der Waals surface area contributed by atoms with Crippen molar-refractivity contribution in [2.75, 3.05) is 33.8 Å². The molecule has 0 fully saturated rings. The molecule has 1 rings (SSSR count). The molecule has 1 aromatic heterocycles. The molecule has 0 bridgehead atoms. The zero-order valence-electron chi connectivity index (χ0n) is 10.4. The molecule has 1 heterocycles. The number of nitrogens with zero attached hydrogens (tertiary/aromatic N) is 2. The van der Waals surface area contributed by atoms with Crippen molar-refractivity contribution in [3.05, 3.63) is 24.0 Å². The Kier molecular flexibility index (Phi) is 5.82. The Balaban J connectivity index is 2.45. The molecule has 0 unspecified atom stereocenters. The summed E-state index contributed by atoms with van der Waals surface area (Å²) in [7, 11) is 3.79. The fourth-order valence-electron chi connectivity index (χ4n) is 1.54. The largest absolute Gasteiger partial charge is 0.495 e. The van der Waals surface area contributed by atoms with Crippen LogP contribution >= 0.6 is 0 Å². The van der Waals surface area contributed by atoms with E-state index >= 15 is 0 Å². The molecule has 0 aliphatic rings. The van der Waals surface area contributed by atoms with E-state index < -0.39 is 0 Å². The van der Waals surface area contributed by atoms with Gasteiger partial charge in [0.2, 0.25) is 0 Å². The Labute approximate surface area is 97.6 Å². The number of hydrogen-bond donors (Lipinski definition) is 1. The second-order valence-corrected chi connectivity index (χ2v) is 3.78. The van der Waals surface area contributed by atoms with Gasteiger partial charge in [-0.2, -0.15) is 0 Å². The van der Waals surface area contributed by atoms with Crippen LogP contribution in [-0.2, 0) is 6.54 Å². The molecule has 1 N–H and O–H groups in total. The standard InChI is InChI=1S/C12H21N3O/c1-4-13-7-8-15(2)10-11-5-6-14-9-12(11)16-3/h5-6,9,13H,4,7-8,10H2,1-3H3. The highest BCUT2D eigenvalue weighted by molar-refractivity contribution is 5.29. The molecule has 16 heavy (non-hydrogen) atoms. The third kappa shape index (κ3) is 4.16. The number of nitrogens with one attached hydrogen (secondary N) is 1. The average molecular weight is 223 g/mol. The topological polar surface area (TPSA) is 37.4 Å². The van der Waals surface area contributed by atoms with E-state index in [1.165, 1.54) is 5.56 Å². The average Bonchev–Trinajstić information content (AvgIpc) is 2.30. The highest BCUT2D eigenvalue weighted by atomic mass is 16.5. The first-order valence-electron chi connectivity index (χ1n) is 5.64. The molecular formula is C12H21N3O. The van der Waals surface area contributed by atoms with Gasteiger partial charge in [0, 0.05) is 31.4 Å². The zero-order valence-corrected chi connectivity index (χ0v) is 10.4. The van der Waals surface area contributed by atoms with Gasteiger partial charge in [0.15, 0.2) is 0 Å². The van der Waals surface area contributed by atoms with Crippen molar-refractivity contribution >= 4 is 0 Å². The summed E-state index contributed by atoms with van der Waals surface area (Å²) in [5, 5.41) is 3.31. The van der Waals surface area contributed by atoms with E-state index in [-0.39, 0.29) is 0 Å². The first-order valence-corrected chi connectivity index (χ1v) is 5.64. The summed E-state index contributed by atoms with van der Waals surface area (Å²) in [5.74, 6) is 0.859. The lowest BCUT2D eigenvalue weighted by atomic mass is 10.2. The minimum Gasteiger partial charge on any atom is -0.495 e. The predicted molar refractivity (Wildman–Crippen MR) is 65.7 cm³/mol. The second-order valence-electron chi connectivity index (χ2n) is 3.78. The number of rotatable bonds is 7. The Bertz CT molecular complexity index is 304. The first-order chi connectivity index (χ1) is 7.77. The molecule has 0 aliphatic heterocycles. The van der Waals surface area contributed by atoms with E-state index in [1.807, 2.05) is 6.07 Å². The fraction of sp³-hybridized carbons (Fsp3) is 0.583. The lowest BCUT2D eigenvalue weighted by Crippen LogP contribution is -2.28. The molecule has 0 saturated carbocycles. The maximum atomic E-state index is 5.27. The van der Waals surface area contributed by atoms with Crippen LogP contribution < -0.4 is 10.1 Å². The molecule has 4 heteroatoms. The van der Waals surface area contributed by atoms with Crippen LogP contribution in [0.4, 0.5) is 0 Å². The van der Waals surface area contributed by atoms with Crippen LogP contribution in [0, 0.1) is 0 Å². The molecule has 0 saturated heterocycles. The molecule has 90 valence electrons. The number of pyridine rings is 1. The van der Waals surface area contributed by atoms with Gasteiger partial charge in [-0.15, -0.1) is 0 Å². The number of hydrogen-bond acceptors (Lipinski definition) is 4. The van der Waals surface area contributed by atoms with Gasteiger partial charge in [-0.1, -0.05) is 6.92 Å². The molecule has 0 spiro atoms. The minimum absolute atomic E-state index is 0.859. The number of likely N-dealkylation sites (N-methyl/N-ethyl adjacent to an activating group) is 2. The van der Waals surface area contributed by atoms with Gasteiger partial charge in [0.05, 0.1) is 13.3 Å². The lowest BCUT2D eigenvalue weighted by Gasteiger charge is -2.18. The second kappa shape index (κ2) is 7.19. The summed E-state index contributed by atoms with van der Waals surface area (Å²) in [5.41, 5.74) is 1.18. The number of aromatic nitrogens is 1. The Morgan fingerprint density at radius 3 is 3.00 bits per heavy atom. The fourth-order valence-corrected chi connectivity index (χ4v) is 1.54. The van der Waals surface area contributed by atoms with Crippen LogP contribution in [-0.4, -0.2) is 43.7 Å². The summed E-state index contributed by atoms with van der Waals surface area (Å²) >= 11 is 0. The Hall–Kier alpha value is -1.13. The van der Waals surface area contributed by atoms with Crippen molar-refractivity contribution in [3.8, 4) is 5.75 Å². The van der Waals surface area contributed by atoms with Crippen LogP contribution in [0.2, 0.25) is 0 Å². The molecule has 0 aliphatic carbocycles. The van der Waals surface area contributed by atoms with Crippen molar-refractivity contribution in [3.63, 3.8) is 0 Å². The zero-order chi connectivity index (χ0) is 11.8. The summed E-state index contributed by atoms with van der Waals surface area (Å²) in [6.07, 6.45) is 3.56. The van der Waals surface area contributed by atoms with Gasteiger partial charge >= 0.3 is 0 Å². The molecule has 4 nitrogen and oxygen atoms in total. The summed E-state index contributed by atoms with van der Waals surface area (Å²) in [6, 6.07) is 2.00. The monoisotopic (exact) mass is 223 g/mol. The Morgan fingerprint density at radius 2 is 2.31 bits per heavy atom. The summed E-state index contributed by atoms with van der Waals surface area (Å²) in [6.45, 7) is 6.06. The first kappa shape index (κ1) is 12.9. The van der Waals surface area contributed by atoms with Crippen molar-refractivity contribution in [2.45, 2.75) is 13.5 Å². The lowest BCUT2D eigenvalue weighted by molar-refractivity contribution is 0.316. The van der Waals surface area contributed by atoms with Gasteiger partial charge in [0.25, 0.3) is 0 Å². The third-order valence-electron chi connectivity index (χ3n) is 2.45. The van der Waals surface area contributed by atoms with E-state index in [9.17, 15) is 0 Å². The van der Waals surface area contributed by atoms with E-state index in [2.05, 4.69) is 29.2 Å². The molecule has 0 amide bonds. The van der Waals surface area contributed by atoms with Crippen molar-refractivity contribution in [1.29, 1.82) is 0 Å². The van der Waals surface area contributed by atoms with Gasteiger partial charge in [-0.3, -0.25) is 4.98 Å². The normalized spacial score (nSPS) is 10.8. The summed E-state index contributed by atoms with van der Waals surface area (Å²) in [4.78, 5) is 6.31. The maximum absolute atomic E-state index is 5.27. The molecule has 0 aromatic carbocycles. The minimum atomic E-state index is 0.859. The Morgan fingerprint density at radius 1 is 1.50 bits per heavy atom. The van der Waals surface area contributed by atoms with E-state index in [0.717, 1.165) is 31.9 Å². The highest BCUT2D eigenvalue weighted by Crippen LogP contribution is 2.16. The van der Waals surface area contributed by atoms with Crippen molar-refractivity contribution in [2.24, 2.45) is 0 Å². The maximum Gasteiger partial charge on any atom is 0.141 e. The molecule has 0 radical (unpaired) electrons. The van der Waals surface area contributed by atoms with Crippen LogP contribution in [0.15, 0.2) is 18.5 Å². The predicted octanol–water partition coefficient (Wildman–Crippen LogP) is 1.13. The van der Waals surface area contributed by atoms with E-state index in [0.29, 0.717) is 0 Å². The van der Waals surface area contributed by atoms with Crippen LogP contribution in [0.5, 0.6) is 5.75 Å². The van der Waals surface area contributed by atoms with Crippen molar-refractivity contribution in [1.82, 2.24) is 15.2 Å². The molecule has 1 aromatic rings. The van der Waals surface area contributed by atoms with E-state index in [1.54, 1.807) is 19.5 Å². The van der Waals surface area contributed by atoms with Crippen LogP contribution in [0.3, 0.4) is 0 Å². The number of ether oxygens (including phenoxy) is 1. The van der Waals surface area contributed by atoms with Gasteiger partial charge < -0.3 is 15.0 Å². The SMILES string of the molecule is CCNCCN(C)Cc1ccncc1OC. The quantitative estimate of drug-likeness (QED) is 0.703. The van der Waals surface area contributed by atoms with Gasteiger partial charge in [-0.05, 0) is 19.7 Å². The third-order valence-corrected chi connectivity index (χ3v) is 2.45. The van der Waals surface area contributed by atoms with Gasteiger partial charge in [-0.25, -0.2) is 0 Å². The number of methoxy groups -OCH3 is 1.